The highest BCUT2D eigenvalue weighted by Crippen LogP contribution is 2.32. The van der Waals surface area contributed by atoms with Gasteiger partial charge in [-0.25, -0.2) is 4.79 Å². The number of rotatable bonds is 4. The van der Waals surface area contributed by atoms with Crippen LogP contribution in [0.3, 0.4) is 0 Å². The molecular weight excluding hydrogens is 242 g/mol. The number of benzene rings is 1. The molecule has 100 valence electrons. The molecule has 1 aliphatic carbocycles. The molecule has 0 atom stereocenters. The molecule has 0 aliphatic heterocycles. The normalized spacial score (nSPS) is 16.3. The quantitative estimate of drug-likeness (QED) is 0.511. The number of amides is 1. The van der Waals surface area contributed by atoms with E-state index in [4.69, 9.17) is 4.74 Å². The predicted molar refractivity (Wildman–Crippen MR) is 72.1 cm³/mol. The third-order valence-electron chi connectivity index (χ3n) is 3.20. The van der Waals surface area contributed by atoms with Crippen LogP contribution in [0, 0.1) is 0 Å². The van der Waals surface area contributed by atoms with Crippen molar-refractivity contribution in [3.05, 3.63) is 41.1 Å². The molecule has 1 aromatic rings. The summed E-state index contributed by atoms with van der Waals surface area (Å²) in [5, 5.41) is 2.50. The molecule has 0 aromatic heterocycles. The van der Waals surface area contributed by atoms with Gasteiger partial charge in [0.05, 0.1) is 6.61 Å². The van der Waals surface area contributed by atoms with Crippen LogP contribution < -0.4 is 5.32 Å². The monoisotopic (exact) mass is 259 g/mol. The minimum absolute atomic E-state index is 0.268. The number of carbonyl (C=O) groups excluding carboxylic acids is 2. The van der Waals surface area contributed by atoms with E-state index in [1.807, 2.05) is 18.2 Å². The van der Waals surface area contributed by atoms with Crippen LogP contribution in [-0.2, 0) is 20.7 Å². The summed E-state index contributed by atoms with van der Waals surface area (Å²) in [5.74, 6) is -0.471. The van der Waals surface area contributed by atoms with Gasteiger partial charge in [0.2, 0.25) is 6.41 Å². The predicted octanol–water partition coefficient (Wildman–Crippen LogP) is 2.04. The van der Waals surface area contributed by atoms with Gasteiger partial charge in [0.15, 0.2) is 0 Å². The smallest absolute Gasteiger partial charge is 0.355 e. The van der Waals surface area contributed by atoms with Crippen LogP contribution in [0.1, 0.15) is 30.9 Å². The maximum absolute atomic E-state index is 11.9. The molecule has 1 N–H and O–H groups in total. The molecule has 1 aliphatic rings. The van der Waals surface area contributed by atoms with Gasteiger partial charge in [-0.15, -0.1) is 0 Å². The Balaban J connectivity index is 2.48. The van der Waals surface area contributed by atoms with Gasteiger partial charge in [-0.05, 0) is 42.9 Å². The summed E-state index contributed by atoms with van der Waals surface area (Å²) in [6.07, 6.45) is 3.26. The highest BCUT2D eigenvalue weighted by molar-refractivity contribution is 5.99. The molecule has 4 heteroatoms. The Labute approximate surface area is 112 Å². The zero-order chi connectivity index (χ0) is 13.7. The van der Waals surface area contributed by atoms with Gasteiger partial charge in [0.25, 0.3) is 0 Å². The van der Waals surface area contributed by atoms with E-state index in [-0.39, 0.29) is 12.3 Å². The number of allylic oxidation sites excluding steroid dienone is 1. The topological polar surface area (TPSA) is 55.4 Å². The summed E-state index contributed by atoms with van der Waals surface area (Å²) in [4.78, 5) is 22.7. The number of carbonyl (C=O) groups is 2. The molecule has 4 nitrogen and oxygen atoms in total. The first-order valence-corrected chi connectivity index (χ1v) is 6.46. The summed E-state index contributed by atoms with van der Waals surface area (Å²) >= 11 is 0. The molecule has 0 heterocycles. The fourth-order valence-electron chi connectivity index (χ4n) is 2.41. The van der Waals surface area contributed by atoms with Crippen molar-refractivity contribution in [3.8, 4) is 0 Å². The third-order valence-corrected chi connectivity index (χ3v) is 3.20. The van der Waals surface area contributed by atoms with E-state index < -0.39 is 5.97 Å². The second-order valence-corrected chi connectivity index (χ2v) is 4.35. The van der Waals surface area contributed by atoms with Gasteiger partial charge in [0, 0.05) is 0 Å². The second kappa shape index (κ2) is 6.18. The Morgan fingerprint density at radius 2 is 2.16 bits per heavy atom. The van der Waals surface area contributed by atoms with E-state index in [1.54, 1.807) is 6.92 Å². The van der Waals surface area contributed by atoms with E-state index in [2.05, 4.69) is 11.4 Å². The Hall–Kier alpha value is -2.10. The summed E-state index contributed by atoms with van der Waals surface area (Å²) in [7, 11) is 0. The number of nitrogens with one attached hydrogen (secondary N) is 1. The minimum Gasteiger partial charge on any atom is -0.461 e. The number of hydrogen-bond donors (Lipinski definition) is 1. The van der Waals surface area contributed by atoms with Gasteiger partial charge in [-0.1, -0.05) is 24.3 Å². The maximum atomic E-state index is 11.9. The molecule has 0 saturated carbocycles. The van der Waals surface area contributed by atoms with Crippen molar-refractivity contribution in [2.24, 2.45) is 0 Å². The Morgan fingerprint density at radius 1 is 1.37 bits per heavy atom. The first-order chi connectivity index (χ1) is 9.27. The fraction of sp³-hybridized carbons (Fsp3) is 0.333. The van der Waals surface area contributed by atoms with Crippen LogP contribution in [0.25, 0.3) is 5.57 Å². The van der Waals surface area contributed by atoms with Crippen molar-refractivity contribution in [3.63, 3.8) is 0 Å². The zero-order valence-electron chi connectivity index (χ0n) is 10.9. The lowest BCUT2D eigenvalue weighted by Crippen LogP contribution is -2.24. The van der Waals surface area contributed by atoms with Gasteiger partial charge in [-0.3, -0.25) is 4.79 Å². The lowest BCUT2D eigenvalue weighted by molar-refractivity contribution is -0.139. The van der Waals surface area contributed by atoms with Crippen molar-refractivity contribution in [1.29, 1.82) is 0 Å². The highest BCUT2D eigenvalue weighted by atomic mass is 16.5. The Kier molecular flexibility index (Phi) is 4.34. The van der Waals surface area contributed by atoms with E-state index in [9.17, 15) is 9.59 Å². The van der Waals surface area contributed by atoms with Crippen molar-refractivity contribution < 1.29 is 14.3 Å². The number of aryl methyl sites for hydroxylation is 1. The van der Waals surface area contributed by atoms with Gasteiger partial charge >= 0.3 is 5.97 Å². The SMILES string of the molecule is CCOC(=O)C(NC=O)=C1CCCc2ccccc21. The number of hydrogen-bond acceptors (Lipinski definition) is 3. The minimum atomic E-state index is -0.471. The average molecular weight is 259 g/mol. The first kappa shape index (κ1) is 13.3. The average Bonchev–Trinajstić information content (AvgIpc) is 2.44. The molecule has 0 radical (unpaired) electrons. The van der Waals surface area contributed by atoms with Crippen molar-refractivity contribution >= 4 is 18.0 Å². The summed E-state index contributed by atoms with van der Waals surface area (Å²) < 4.78 is 5.01. The van der Waals surface area contributed by atoms with E-state index in [0.717, 1.165) is 30.4 Å². The molecule has 1 amide bonds. The van der Waals surface area contributed by atoms with Crippen molar-refractivity contribution in [1.82, 2.24) is 5.32 Å². The second-order valence-electron chi connectivity index (χ2n) is 4.35. The van der Waals surface area contributed by atoms with Gasteiger partial charge in [0.1, 0.15) is 5.70 Å². The van der Waals surface area contributed by atoms with Gasteiger partial charge in [-0.2, -0.15) is 0 Å². The summed E-state index contributed by atoms with van der Waals surface area (Å²) in [6, 6.07) is 7.96. The lowest BCUT2D eigenvalue weighted by Gasteiger charge is -2.21. The molecule has 19 heavy (non-hydrogen) atoms. The molecule has 0 spiro atoms. The van der Waals surface area contributed by atoms with E-state index >= 15 is 0 Å². The number of fused-ring (bicyclic) bond motifs is 1. The van der Waals surface area contributed by atoms with Crippen LogP contribution in [0.2, 0.25) is 0 Å². The van der Waals surface area contributed by atoms with Crippen LogP contribution >= 0.6 is 0 Å². The lowest BCUT2D eigenvalue weighted by atomic mass is 9.86. The summed E-state index contributed by atoms with van der Waals surface area (Å²) in [6.45, 7) is 2.04. The van der Waals surface area contributed by atoms with Crippen molar-refractivity contribution in [2.75, 3.05) is 6.61 Å². The molecule has 2 rings (SSSR count). The molecular formula is C15H17NO3. The zero-order valence-corrected chi connectivity index (χ0v) is 10.9. The molecule has 1 aromatic carbocycles. The number of ether oxygens (including phenoxy) is 1. The molecule has 0 unspecified atom stereocenters. The van der Waals surface area contributed by atoms with Crippen LogP contribution in [0.15, 0.2) is 30.0 Å². The third kappa shape index (κ3) is 2.84. The van der Waals surface area contributed by atoms with E-state index in [1.165, 1.54) is 5.56 Å². The maximum Gasteiger partial charge on any atom is 0.355 e. The first-order valence-electron chi connectivity index (χ1n) is 6.46. The van der Waals surface area contributed by atoms with Crippen LogP contribution in [0.4, 0.5) is 0 Å². The Bertz CT molecular complexity index is 520. The van der Waals surface area contributed by atoms with Crippen molar-refractivity contribution in [2.45, 2.75) is 26.2 Å². The Morgan fingerprint density at radius 3 is 2.89 bits per heavy atom. The molecule has 0 fully saturated rings. The largest absolute Gasteiger partial charge is 0.461 e. The highest BCUT2D eigenvalue weighted by Gasteiger charge is 2.22. The molecule has 0 bridgehead atoms. The molecule has 0 saturated heterocycles. The van der Waals surface area contributed by atoms with Crippen LogP contribution in [0.5, 0.6) is 0 Å². The van der Waals surface area contributed by atoms with Gasteiger partial charge < -0.3 is 10.1 Å². The van der Waals surface area contributed by atoms with Crippen LogP contribution in [-0.4, -0.2) is 19.0 Å². The summed E-state index contributed by atoms with van der Waals surface area (Å²) in [5.41, 5.74) is 3.38. The number of esters is 1. The fourth-order valence-corrected chi connectivity index (χ4v) is 2.41. The standard InChI is InChI=1S/C15H17NO3/c1-2-19-15(18)14(16-10-17)13-9-5-7-11-6-3-4-8-12(11)13/h3-4,6,8,10H,2,5,7,9H2,1H3,(H,16,17). The van der Waals surface area contributed by atoms with E-state index in [0.29, 0.717) is 6.41 Å².